The molecular formula is C53H92N2O6P+. The number of aliphatic hydroxyl groups excluding tert-OH is 1. The molecule has 1 amide bonds. The Kier molecular flexibility index (Phi) is 41.4. The zero-order valence-electron chi connectivity index (χ0n) is 40.1. The lowest BCUT2D eigenvalue weighted by molar-refractivity contribution is -0.870. The van der Waals surface area contributed by atoms with Gasteiger partial charge in [0.25, 0.3) is 0 Å². The maximum Gasteiger partial charge on any atom is 0.472 e. The minimum atomic E-state index is -4.34. The van der Waals surface area contributed by atoms with Crippen LogP contribution in [0.25, 0.3) is 0 Å². The van der Waals surface area contributed by atoms with Crippen molar-refractivity contribution in [3.05, 3.63) is 109 Å². The van der Waals surface area contributed by atoms with Crippen LogP contribution < -0.4 is 5.32 Å². The van der Waals surface area contributed by atoms with Crippen LogP contribution in [0.4, 0.5) is 0 Å². The summed E-state index contributed by atoms with van der Waals surface area (Å²) in [5.74, 6) is -0.197. The molecule has 0 aliphatic carbocycles. The molecule has 0 aliphatic rings. The Bertz CT molecular complexity index is 1370. The van der Waals surface area contributed by atoms with Crippen molar-refractivity contribution in [3.8, 4) is 0 Å². The highest BCUT2D eigenvalue weighted by Crippen LogP contribution is 2.43. The van der Waals surface area contributed by atoms with Crippen molar-refractivity contribution in [1.29, 1.82) is 0 Å². The molecular weight excluding hydrogens is 792 g/mol. The van der Waals surface area contributed by atoms with Crippen molar-refractivity contribution in [2.45, 2.75) is 180 Å². The molecule has 0 aliphatic heterocycles. The van der Waals surface area contributed by atoms with E-state index < -0.39 is 20.0 Å². The summed E-state index contributed by atoms with van der Waals surface area (Å²) in [4.78, 5) is 23.0. The van der Waals surface area contributed by atoms with Gasteiger partial charge < -0.3 is 19.8 Å². The van der Waals surface area contributed by atoms with E-state index in [1.807, 2.05) is 27.2 Å². The summed E-state index contributed by atoms with van der Waals surface area (Å²) >= 11 is 0. The fraction of sp³-hybridized carbons (Fsp3) is 0.642. The SMILES string of the molecule is CC/C=C\C/C=C\C/C=C\C/C=C\C/C=C\C/C=C\C/C=C\C/C=C\CCCCCCCCCCC(=O)NC(COP(=O)(O)OCC[N+](C)(C)C)C(O)/C=C/CCCCCCC. The molecule has 62 heavy (non-hydrogen) atoms. The van der Waals surface area contributed by atoms with Gasteiger partial charge in [-0.25, -0.2) is 4.57 Å². The van der Waals surface area contributed by atoms with Crippen molar-refractivity contribution in [3.63, 3.8) is 0 Å². The number of phosphoric ester groups is 1. The van der Waals surface area contributed by atoms with Crippen LogP contribution in [-0.2, 0) is 18.4 Å². The number of likely N-dealkylation sites (N-methyl/N-ethyl adjacent to an activating group) is 1. The van der Waals surface area contributed by atoms with Crippen LogP contribution in [0.1, 0.15) is 168 Å². The first-order valence-electron chi connectivity index (χ1n) is 24.3. The standard InChI is InChI=1S/C53H91N2O6P/c1-6-8-10-12-14-15-16-17-18-19-20-21-22-23-24-25-26-27-28-29-30-31-32-33-34-35-36-37-38-39-41-43-45-47-53(57)54-51(52(56)46-44-42-40-13-11-9-7-2)50-61-62(58,59)60-49-48-55(3,4)5/h8,10,14-15,17-18,20-21,23-24,26-27,29-30,32-33,44,46,51-52,56H,6-7,9,11-13,16,19,22,25,28,31,34-43,45,47-50H2,1-5H3,(H-,54,57,58,59)/p+1/b10-8-,15-14-,18-17-,21-20-,24-23-,27-26-,30-29-,33-32-,46-44+. The molecule has 0 radical (unpaired) electrons. The van der Waals surface area contributed by atoms with Crippen molar-refractivity contribution in [1.82, 2.24) is 5.32 Å². The van der Waals surface area contributed by atoms with Crippen molar-refractivity contribution in [2.75, 3.05) is 40.9 Å². The van der Waals surface area contributed by atoms with Crippen LogP contribution in [0.2, 0.25) is 0 Å². The highest BCUT2D eigenvalue weighted by Gasteiger charge is 2.27. The zero-order chi connectivity index (χ0) is 45.7. The molecule has 0 fully saturated rings. The molecule has 3 N–H and O–H groups in total. The molecule has 0 rings (SSSR count). The van der Waals surface area contributed by atoms with E-state index in [0.29, 0.717) is 17.4 Å². The average molecular weight is 884 g/mol. The molecule has 3 unspecified atom stereocenters. The average Bonchev–Trinajstić information content (AvgIpc) is 3.23. The van der Waals surface area contributed by atoms with E-state index in [-0.39, 0.29) is 19.1 Å². The first-order chi connectivity index (χ1) is 30.0. The Morgan fingerprint density at radius 1 is 0.565 bits per heavy atom. The summed E-state index contributed by atoms with van der Waals surface area (Å²) in [6.07, 6.45) is 63.4. The number of carbonyl (C=O) groups is 1. The quantitative estimate of drug-likeness (QED) is 0.0244. The molecule has 0 spiro atoms. The van der Waals surface area contributed by atoms with Gasteiger partial charge in [-0.15, -0.1) is 0 Å². The summed E-state index contributed by atoms with van der Waals surface area (Å²) < 4.78 is 23.4. The van der Waals surface area contributed by atoms with Gasteiger partial charge in [-0.05, 0) is 83.5 Å². The molecule has 0 aromatic carbocycles. The molecule has 354 valence electrons. The largest absolute Gasteiger partial charge is 0.472 e. The number of hydrogen-bond acceptors (Lipinski definition) is 5. The zero-order valence-corrected chi connectivity index (χ0v) is 41.0. The number of nitrogens with zero attached hydrogens (tertiary/aromatic N) is 1. The van der Waals surface area contributed by atoms with Crippen LogP contribution in [-0.4, -0.2) is 73.4 Å². The van der Waals surface area contributed by atoms with Gasteiger partial charge in [0, 0.05) is 6.42 Å². The highest BCUT2D eigenvalue weighted by molar-refractivity contribution is 7.47. The number of rotatable bonds is 42. The van der Waals surface area contributed by atoms with Crippen molar-refractivity contribution >= 4 is 13.7 Å². The van der Waals surface area contributed by atoms with E-state index in [9.17, 15) is 19.4 Å². The summed E-state index contributed by atoms with van der Waals surface area (Å²) in [5.41, 5.74) is 0. The van der Waals surface area contributed by atoms with Crippen molar-refractivity contribution in [2.24, 2.45) is 0 Å². The van der Waals surface area contributed by atoms with Gasteiger partial charge >= 0.3 is 7.82 Å². The van der Waals surface area contributed by atoms with E-state index in [1.165, 1.54) is 44.9 Å². The van der Waals surface area contributed by atoms with E-state index in [1.54, 1.807) is 6.08 Å². The predicted octanol–water partition coefficient (Wildman–Crippen LogP) is 14.1. The maximum absolute atomic E-state index is 12.8. The van der Waals surface area contributed by atoms with Gasteiger partial charge in [-0.2, -0.15) is 0 Å². The molecule has 0 saturated heterocycles. The molecule has 0 heterocycles. The monoisotopic (exact) mass is 884 g/mol. The van der Waals surface area contributed by atoms with Crippen LogP contribution in [0.5, 0.6) is 0 Å². The molecule has 0 saturated carbocycles. The van der Waals surface area contributed by atoms with Crippen LogP contribution in [0.3, 0.4) is 0 Å². The van der Waals surface area contributed by atoms with E-state index in [2.05, 4.69) is 116 Å². The molecule has 9 heteroatoms. The molecule has 0 bridgehead atoms. The first-order valence-corrected chi connectivity index (χ1v) is 25.8. The first kappa shape index (κ1) is 59.2. The van der Waals surface area contributed by atoms with Gasteiger partial charge in [0.1, 0.15) is 13.2 Å². The Labute approximate surface area is 381 Å². The fourth-order valence-electron chi connectivity index (χ4n) is 6.17. The number of quaternary nitrogens is 1. The number of unbranched alkanes of at least 4 members (excludes halogenated alkanes) is 13. The van der Waals surface area contributed by atoms with E-state index in [4.69, 9.17) is 9.05 Å². The van der Waals surface area contributed by atoms with Crippen LogP contribution >= 0.6 is 7.82 Å². The topological polar surface area (TPSA) is 105 Å². The minimum Gasteiger partial charge on any atom is -0.387 e. The summed E-state index contributed by atoms with van der Waals surface area (Å²) in [7, 11) is 1.54. The fourth-order valence-corrected chi connectivity index (χ4v) is 6.91. The number of carbonyl (C=O) groups excluding carboxylic acids is 1. The number of amides is 1. The Morgan fingerprint density at radius 3 is 1.42 bits per heavy atom. The van der Waals surface area contributed by atoms with Crippen LogP contribution in [0.15, 0.2) is 109 Å². The van der Waals surface area contributed by atoms with Gasteiger partial charge in [0.2, 0.25) is 5.91 Å². The Balaban J connectivity index is 4.10. The van der Waals surface area contributed by atoms with Gasteiger partial charge in [0.15, 0.2) is 0 Å². The maximum atomic E-state index is 12.8. The summed E-state index contributed by atoms with van der Waals surface area (Å²) in [6, 6.07) is -0.855. The third kappa shape index (κ3) is 45.2. The van der Waals surface area contributed by atoms with Gasteiger partial charge in [0.05, 0.1) is 39.9 Å². The summed E-state index contributed by atoms with van der Waals surface area (Å²) in [5, 5.41) is 13.7. The predicted molar refractivity (Wildman–Crippen MR) is 267 cm³/mol. The van der Waals surface area contributed by atoms with Crippen molar-refractivity contribution < 1.29 is 32.9 Å². The second kappa shape index (κ2) is 43.4. The normalized spacial score (nSPS) is 15.1. The lowest BCUT2D eigenvalue weighted by atomic mass is 10.1. The smallest absolute Gasteiger partial charge is 0.387 e. The van der Waals surface area contributed by atoms with E-state index >= 15 is 0 Å². The van der Waals surface area contributed by atoms with E-state index in [0.717, 1.165) is 103 Å². The number of phosphoric acid groups is 1. The second-order valence-electron chi connectivity index (χ2n) is 17.1. The number of hydrogen-bond donors (Lipinski definition) is 3. The highest BCUT2D eigenvalue weighted by atomic mass is 31.2. The molecule has 0 aromatic rings. The number of allylic oxidation sites excluding steroid dienone is 17. The lowest BCUT2D eigenvalue weighted by Gasteiger charge is -2.25. The van der Waals surface area contributed by atoms with Gasteiger partial charge in [-0.3, -0.25) is 13.8 Å². The third-order valence-corrected chi connectivity index (χ3v) is 11.0. The Morgan fingerprint density at radius 2 is 0.968 bits per heavy atom. The van der Waals surface area contributed by atoms with Gasteiger partial charge in [-0.1, -0.05) is 187 Å². The molecule has 0 aromatic heterocycles. The minimum absolute atomic E-state index is 0.0535. The molecule has 3 atom stereocenters. The number of aliphatic hydroxyl groups is 1. The van der Waals surface area contributed by atoms with Crippen LogP contribution in [0, 0.1) is 0 Å². The second-order valence-corrected chi connectivity index (χ2v) is 18.6. The third-order valence-electron chi connectivity index (χ3n) is 10.00. The molecule has 8 nitrogen and oxygen atoms in total. The Hall–Kier alpha value is -2.84. The number of nitrogens with one attached hydrogen (secondary N) is 1. The lowest BCUT2D eigenvalue weighted by Crippen LogP contribution is -2.45. The summed E-state index contributed by atoms with van der Waals surface area (Å²) in [6.45, 7) is 4.60.